The van der Waals surface area contributed by atoms with Gasteiger partial charge in [0.15, 0.2) is 0 Å². The molecule has 2 aromatic heterocycles. The number of carbonyl (C=O) groups excluding carboxylic acids is 1. The van der Waals surface area contributed by atoms with Gasteiger partial charge in [0.2, 0.25) is 6.41 Å². The second-order valence-electron chi connectivity index (χ2n) is 8.02. The van der Waals surface area contributed by atoms with Gasteiger partial charge in [0, 0.05) is 18.9 Å². The van der Waals surface area contributed by atoms with E-state index in [0.29, 0.717) is 24.8 Å². The number of amides is 1. The van der Waals surface area contributed by atoms with Gasteiger partial charge in [0.1, 0.15) is 36.9 Å². The van der Waals surface area contributed by atoms with Crippen molar-refractivity contribution in [2.75, 3.05) is 19.0 Å². The minimum Gasteiger partial charge on any atom is -0.491 e. The third-order valence-electron chi connectivity index (χ3n) is 5.51. The number of nitrogens with one attached hydrogen (secondary N) is 1. The summed E-state index contributed by atoms with van der Waals surface area (Å²) in [6.45, 7) is 4.68. The number of anilines is 2. The van der Waals surface area contributed by atoms with Gasteiger partial charge in [0.05, 0.1) is 22.6 Å². The Bertz CT molecular complexity index is 1260. The first-order valence-corrected chi connectivity index (χ1v) is 11.0. The molecule has 4 aromatic rings. The maximum absolute atomic E-state index is 11.0. The zero-order valence-electron chi connectivity index (χ0n) is 19.4. The number of hydrogen-bond acceptors (Lipinski definition) is 7. The van der Waals surface area contributed by atoms with Gasteiger partial charge in [-0.05, 0) is 61.9 Å². The lowest BCUT2D eigenvalue weighted by Gasteiger charge is -2.21. The average Bonchev–Trinajstić information content (AvgIpc) is 2.87. The highest BCUT2D eigenvalue weighted by Crippen LogP contribution is 2.32. The van der Waals surface area contributed by atoms with Crippen LogP contribution in [0.15, 0.2) is 67.1 Å². The van der Waals surface area contributed by atoms with Gasteiger partial charge >= 0.3 is 0 Å². The molecule has 0 aliphatic carbocycles. The fourth-order valence-electron chi connectivity index (χ4n) is 3.39. The molecule has 34 heavy (non-hydrogen) atoms. The van der Waals surface area contributed by atoms with Gasteiger partial charge in [0.25, 0.3) is 0 Å². The first-order chi connectivity index (χ1) is 16.5. The van der Waals surface area contributed by atoms with Crippen LogP contribution in [0.3, 0.4) is 0 Å². The van der Waals surface area contributed by atoms with E-state index in [-0.39, 0.29) is 6.04 Å². The molecule has 2 aromatic carbocycles. The summed E-state index contributed by atoms with van der Waals surface area (Å²) in [7, 11) is 1.73. The molecule has 8 nitrogen and oxygen atoms in total. The van der Waals surface area contributed by atoms with Gasteiger partial charge in [-0.1, -0.05) is 12.1 Å². The summed E-state index contributed by atoms with van der Waals surface area (Å²) in [5.74, 6) is 2.08. The molecule has 0 unspecified atom stereocenters. The molecule has 0 spiro atoms. The minimum absolute atomic E-state index is 0.0740. The molecule has 0 aliphatic heterocycles. The summed E-state index contributed by atoms with van der Waals surface area (Å²) < 4.78 is 12.0. The van der Waals surface area contributed by atoms with E-state index in [1.165, 1.54) is 6.33 Å². The topological polar surface area (TPSA) is 89.5 Å². The molecule has 1 atom stereocenters. The van der Waals surface area contributed by atoms with E-state index >= 15 is 0 Å². The third-order valence-corrected chi connectivity index (χ3v) is 5.51. The molecule has 0 fully saturated rings. The number of nitrogens with zero attached hydrogens (tertiary/aromatic N) is 4. The predicted octanol–water partition coefficient (Wildman–Crippen LogP) is 4.51. The summed E-state index contributed by atoms with van der Waals surface area (Å²) in [5, 5.41) is 4.16. The van der Waals surface area contributed by atoms with Crippen LogP contribution >= 0.6 is 0 Å². The SMILES string of the molecule is Cc1cc(Nc2ncnc3cccc(OC[C@@H](C)N(C)C=O)c23)ccc1OCc1ccccn1. The van der Waals surface area contributed by atoms with Crippen LogP contribution in [-0.2, 0) is 11.4 Å². The number of rotatable bonds is 10. The number of hydrogen-bond donors (Lipinski definition) is 1. The largest absolute Gasteiger partial charge is 0.491 e. The number of pyridine rings is 1. The third kappa shape index (κ3) is 5.40. The lowest BCUT2D eigenvalue weighted by atomic mass is 10.1. The van der Waals surface area contributed by atoms with Crippen LogP contribution in [0.5, 0.6) is 11.5 Å². The maximum Gasteiger partial charge on any atom is 0.209 e. The predicted molar refractivity (Wildman–Crippen MR) is 131 cm³/mol. The Labute approximate surface area is 198 Å². The van der Waals surface area contributed by atoms with E-state index in [4.69, 9.17) is 9.47 Å². The zero-order valence-corrected chi connectivity index (χ0v) is 19.4. The molecule has 174 valence electrons. The van der Waals surface area contributed by atoms with Gasteiger partial charge in [-0.2, -0.15) is 0 Å². The zero-order chi connectivity index (χ0) is 23.9. The summed E-state index contributed by atoms with van der Waals surface area (Å²) in [4.78, 5) is 25.7. The first kappa shape index (κ1) is 23.0. The molecule has 0 saturated heterocycles. The Hall–Kier alpha value is -4.20. The standard InChI is InChI=1S/C26H27N5O3/c1-18-13-20(10-11-23(18)34-15-21-7-4-5-12-27-21)30-26-25-22(28-16-29-26)8-6-9-24(25)33-14-19(2)31(3)17-32/h4-13,16-17,19H,14-15H2,1-3H3,(H,28,29,30)/t19-/m1/s1. The smallest absolute Gasteiger partial charge is 0.209 e. The van der Waals surface area contributed by atoms with Crippen LogP contribution in [0, 0.1) is 6.92 Å². The normalized spacial score (nSPS) is 11.6. The highest BCUT2D eigenvalue weighted by atomic mass is 16.5. The molecule has 1 N–H and O–H groups in total. The van der Waals surface area contributed by atoms with E-state index in [9.17, 15) is 4.79 Å². The van der Waals surface area contributed by atoms with Crippen molar-refractivity contribution < 1.29 is 14.3 Å². The number of likely N-dealkylation sites (N-methyl/N-ethyl adjacent to an activating group) is 1. The van der Waals surface area contributed by atoms with E-state index < -0.39 is 0 Å². The number of benzene rings is 2. The van der Waals surface area contributed by atoms with Crippen molar-refractivity contribution in [3.05, 3.63) is 78.4 Å². The molecule has 0 saturated carbocycles. The molecule has 8 heteroatoms. The van der Waals surface area contributed by atoms with E-state index in [1.807, 2.05) is 68.4 Å². The number of aryl methyl sites for hydroxylation is 1. The fraction of sp³-hybridized carbons (Fsp3) is 0.231. The van der Waals surface area contributed by atoms with Gasteiger partial charge < -0.3 is 19.7 Å². The Morgan fingerprint density at radius 3 is 2.68 bits per heavy atom. The lowest BCUT2D eigenvalue weighted by molar-refractivity contribution is -0.119. The van der Waals surface area contributed by atoms with E-state index in [2.05, 4.69) is 20.3 Å². The summed E-state index contributed by atoms with van der Waals surface area (Å²) in [6, 6.07) is 17.2. The molecule has 4 rings (SSSR count). The van der Waals surface area contributed by atoms with E-state index in [0.717, 1.165) is 40.0 Å². The number of ether oxygens (including phenoxy) is 2. The van der Waals surface area contributed by atoms with Crippen molar-refractivity contribution in [2.24, 2.45) is 0 Å². The second kappa shape index (κ2) is 10.6. The van der Waals surface area contributed by atoms with Crippen LogP contribution in [0.2, 0.25) is 0 Å². The molecule has 0 bridgehead atoms. The molecule has 2 heterocycles. The molecule has 0 aliphatic rings. The summed E-state index contributed by atoms with van der Waals surface area (Å²) >= 11 is 0. The molecular weight excluding hydrogens is 430 g/mol. The van der Waals surface area contributed by atoms with Crippen LogP contribution in [0.4, 0.5) is 11.5 Å². The Morgan fingerprint density at radius 2 is 1.91 bits per heavy atom. The van der Waals surface area contributed by atoms with Crippen molar-refractivity contribution in [1.29, 1.82) is 0 Å². The van der Waals surface area contributed by atoms with Crippen LogP contribution < -0.4 is 14.8 Å². The average molecular weight is 458 g/mol. The molecular formula is C26H27N5O3. The van der Waals surface area contributed by atoms with Crippen molar-refractivity contribution in [3.8, 4) is 11.5 Å². The van der Waals surface area contributed by atoms with E-state index in [1.54, 1.807) is 18.1 Å². The Kier molecular flexibility index (Phi) is 7.17. The highest BCUT2D eigenvalue weighted by Gasteiger charge is 2.14. The van der Waals surface area contributed by atoms with Gasteiger partial charge in [-0.25, -0.2) is 9.97 Å². The summed E-state index contributed by atoms with van der Waals surface area (Å²) in [6.07, 6.45) is 4.07. The summed E-state index contributed by atoms with van der Waals surface area (Å²) in [5.41, 5.74) is 3.49. The number of fused-ring (bicyclic) bond motifs is 1. The van der Waals surface area contributed by atoms with Crippen LogP contribution in [0.25, 0.3) is 10.9 Å². The number of aromatic nitrogens is 3. The van der Waals surface area contributed by atoms with Crippen molar-refractivity contribution in [2.45, 2.75) is 26.5 Å². The Morgan fingerprint density at radius 1 is 1.03 bits per heavy atom. The van der Waals surface area contributed by atoms with Gasteiger partial charge in [-0.3, -0.25) is 9.78 Å². The second-order valence-corrected chi connectivity index (χ2v) is 8.02. The van der Waals surface area contributed by atoms with Crippen LogP contribution in [-0.4, -0.2) is 46.0 Å². The first-order valence-electron chi connectivity index (χ1n) is 11.0. The Balaban J connectivity index is 1.53. The van der Waals surface area contributed by atoms with Gasteiger partial charge in [-0.15, -0.1) is 0 Å². The van der Waals surface area contributed by atoms with Crippen molar-refractivity contribution in [3.63, 3.8) is 0 Å². The maximum atomic E-state index is 11.0. The highest BCUT2D eigenvalue weighted by molar-refractivity contribution is 5.95. The fourth-order valence-corrected chi connectivity index (χ4v) is 3.39. The minimum atomic E-state index is -0.0740. The van der Waals surface area contributed by atoms with Crippen molar-refractivity contribution >= 4 is 28.8 Å². The number of carbonyl (C=O) groups is 1. The van der Waals surface area contributed by atoms with Crippen LogP contribution in [0.1, 0.15) is 18.2 Å². The monoisotopic (exact) mass is 457 g/mol. The molecule has 0 radical (unpaired) electrons. The molecule has 1 amide bonds. The van der Waals surface area contributed by atoms with Crippen molar-refractivity contribution in [1.82, 2.24) is 19.9 Å². The lowest BCUT2D eigenvalue weighted by Crippen LogP contribution is -2.32. The quantitative estimate of drug-likeness (QED) is 0.350.